The zero-order chi connectivity index (χ0) is 17.1. The molecule has 0 radical (unpaired) electrons. The molecule has 0 spiro atoms. The smallest absolute Gasteiger partial charge is 0.203 e. The third-order valence-corrected chi connectivity index (χ3v) is 3.77. The maximum atomic E-state index is 5.40. The van der Waals surface area contributed by atoms with Crippen LogP contribution in [0.15, 0.2) is 36.7 Å². The van der Waals surface area contributed by atoms with Crippen molar-refractivity contribution in [1.29, 1.82) is 0 Å². The second-order valence-electron chi connectivity index (χ2n) is 4.81. The van der Waals surface area contributed by atoms with Crippen molar-refractivity contribution in [2.45, 2.75) is 0 Å². The largest absolute Gasteiger partial charge is 0.493 e. The fraction of sp³-hybridized carbons (Fsp3) is 0.188. The summed E-state index contributed by atoms with van der Waals surface area (Å²) in [7, 11) is 4.70. The summed E-state index contributed by atoms with van der Waals surface area (Å²) in [5, 5.41) is 7.15. The lowest BCUT2D eigenvalue weighted by Gasteiger charge is -2.14. The molecule has 0 unspecified atom stereocenters. The Morgan fingerprint density at radius 2 is 1.79 bits per heavy atom. The lowest BCUT2D eigenvalue weighted by atomic mass is 10.1. The number of nitrogens with zero attached hydrogens (tertiary/aromatic N) is 3. The van der Waals surface area contributed by atoms with E-state index >= 15 is 0 Å². The summed E-state index contributed by atoms with van der Waals surface area (Å²) in [4.78, 5) is 4.13. The number of benzene rings is 1. The van der Waals surface area contributed by atoms with Crippen LogP contribution in [0.5, 0.6) is 17.2 Å². The number of pyridine rings is 1. The average Bonchev–Trinajstić information content (AvgIpc) is 3.02. The Morgan fingerprint density at radius 3 is 2.33 bits per heavy atom. The van der Waals surface area contributed by atoms with Gasteiger partial charge in [-0.25, -0.2) is 0 Å². The monoisotopic (exact) mass is 344 g/mol. The number of hydrogen-bond donors (Lipinski definition) is 1. The first-order chi connectivity index (χ1) is 11.7. The van der Waals surface area contributed by atoms with Crippen LogP contribution in [0.25, 0.3) is 17.1 Å². The zero-order valence-corrected chi connectivity index (χ0v) is 14.3. The van der Waals surface area contributed by atoms with Gasteiger partial charge in [-0.15, -0.1) is 0 Å². The van der Waals surface area contributed by atoms with Crippen molar-refractivity contribution < 1.29 is 14.2 Å². The van der Waals surface area contributed by atoms with Crippen LogP contribution in [-0.2, 0) is 0 Å². The summed E-state index contributed by atoms with van der Waals surface area (Å²) in [6.07, 6.45) is 3.42. The average molecular weight is 344 g/mol. The number of H-pyrrole nitrogens is 1. The standard InChI is InChI=1S/C16H16N4O3S/c1-21-12-7-10(8-13(22-2)14(12)23-3)15-18-19-16(24)20(15)11-5-4-6-17-9-11/h4-9H,1-3H3,(H,19,24). The molecule has 0 fully saturated rings. The zero-order valence-electron chi connectivity index (χ0n) is 13.4. The number of rotatable bonds is 5. The number of nitrogens with one attached hydrogen (secondary N) is 1. The maximum absolute atomic E-state index is 5.40. The highest BCUT2D eigenvalue weighted by Crippen LogP contribution is 2.41. The van der Waals surface area contributed by atoms with Crippen molar-refractivity contribution >= 4 is 12.2 Å². The van der Waals surface area contributed by atoms with Gasteiger partial charge < -0.3 is 14.2 Å². The molecule has 7 nitrogen and oxygen atoms in total. The first-order valence-electron chi connectivity index (χ1n) is 7.07. The van der Waals surface area contributed by atoms with Gasteiger partial charge in [0.1, 0.15) is 0 Å². The minimum absolute atomic E-state index is 0.465. The second-order valence-corrected chi connectivity index (χ2v) is 5.20. The number of hydrogen-bond acceptors (Lipinski definition) is 6. The molecule has 3 aromatic rings. The van der Waals surface area contributed by atoms with Gasteiger partial charge >= 0.3 is 0 Å². The molecule has 24 heavy (non-hydrogen) atoms. The van der Waals surface area contributed by atoms with Gasteiger partial charge in [0.2, 0.25) is 5.75 Å². The Bertz CT molecular complexity index is 880. The lowest BCUT2D eigenvalue weighted by Crippen LogP contribution is -2.00. The van der Waals surface area contributed by atoms with E-state index < -0.39 is 0 Å². The van der Waals surface area contributed by atoms with Crippen molar-refractivity contribution in [1.82, 2.24) is 19.7 Å². The van der Waals surface area contributed by atoms with Gasteiger partial charge in [-0.3, -0.25) is 14.6 Å². The molecule has 0 saturated heterocycles. The summed E-state index contributed by atoms with van der Waals surface area (Å²) >= 11 is 5.36. The predicted molar refractivity (Wildman–Crippen MR) is 91.6 cm³/mol. The van der Waals surface area contributed by atoms with Gasteiger partial charge in [0.05, 0.1) is 33.2 Å². The molecule has 2 heterocycles. The van der Waals surface area contributed by atoms with Crippen molar-refractivity contribution in [3.8, 4) is 34.3 Å². The van der Waals surface area contributed by atoms with Crippen molar-refractivity contribution in [2.24, 2.45) is 0 Å². The summed E-state index contributed by atoms with van der Waals surface area (Å²) in [5.41, 5.74) is 1.57. The third kappa shape index (κ3) is 2.71. The van der Waals surface area contributed by atoms with Gasteiger partial charge in [0.15, 0.2) is 22.1 Å². The van der Waals surface area contributed by atoms with E-state index in [4.69, 9.17) is 26.4 Å². The molecule has 0 bridgehead atoms. The van der Waals surface area contributed by atoms with Crippen LogP contribution in [0.3, 0.4) is 0 Å². The molecule has 0 aliphatic carbocycles. The van der Waals surface area contributed by atoms with E-state index in [0.29, 0.717) is 27.8 Å². The van der Waals surface area contributed by atoms with Gasteiger partial charge in [-0.1, -0.05) is 0 Å². The van der Waals surface area contributed by atoms with Gasteiger partial charge in [-0.05, 0) is 36.5 Å². The molecule has 3 rings (SSSR count). The highest BCUT2D eigenvalue weighted by Gasteiger charge is 2.18. The summed E-state index contributed by atoms with van der Waals surface area (Å²) < 4.78 is 18.4. The minimum atomic E-state index is 0.465. The Hall–Kier alpha value is -2.87. The Kier molecular flexibility index (Phi) is 4.48. The summed E-state index contributed by atoms with van der Waals surface area (Å²) in [5.74, 6) is 2.22. The molecule has 0 aliphatic heterocycles. The normalized spacial score (nSPS) is 10.5. The highest BCUT2D eigenvalue weighted by atomic mass is 32.1. The van der Waals surface area contributed by atoms with Crippen molar-refractivity contribution in [3.63, 3.8) is 0 Å². The van der Waals surface area contributed by atoms with Crippen LogP contribution in [0.2, 0.25) is 0 Å². The van der Waals surface area contributed by atoms with Crippen LogP contribution in [-0.4, -0.2) is 41.1 Å². The van der Waals surface area contributed by atoms with Gasteiger partial charge in [0.25, 0.3) is 0 Å². The van der Waals surface area contributed by atoms with Crippen LogP contribution < -0.4 is 14.2 Å². The van der Waals surface area contributed by atoms with E-state index in [9.17, 15) is 0 Å². The molecule has 8 heteroatoms. The van der Waals surface area contributed by atoms with Crippen LogP contribution in [0.1, 0.15) is 0 Å². The van der Waals surface area contributed by atoms with E-state index in [1.165, 1.54) is 0 Å². The van der Waals surface area contributed by atoms with Crippen LogP contribution in [0, 0.1) is 4.77 Å². The number of aromatic nitrogens is 4. The lowest BCUT2D eigenvalue weighted by molar-refractivity contribution is 0.324. The Labute approximate surface area is 143 Å². The fourth-order valence-electron chi connectivity index (χ4n) is 2.43. The Morgan fingerprint density at radius 1 is 1.08 bits per heavy atom. The van der Waals surface area contributed by atoms with Gasteiger partial charge in [-0.2, -0.15) is 5.10 Å². The number of aromatic amines is 1. The van der Waals surface area contributed by atoms with E-state index in [0.717, 1.165) is 11.3 Å². The molecule has 1 N–H and O–H groups in total. The van der Waals surface area contributed by atoms with Crippen LogP contribution in [0.4, 0.5) is 0 Å². The molecule has 0 saturated carbocycles. The molecule has 0 amide bonds. The van der Waals surface area contributed by atoms with Crippen molar-refractivity contribution in [2.75, 3.05) is 21.3 Å². The molecular formula is C16H16N4O3S. The fourth-order valence-corrected chi connectivity index (χ4v) is 2.66. The summed E-state index contributed by atoms with van der Waals surface area (Å²) in [6, 6.07) is 7.38. The van der Waals surface area contributed by atoms with Crippen LogP contribution >= 0.6 is 12.2 Å². The van der Waals surface area contributed by atoms with E-state index in [2.05, 4.69) is 15.2 Å². The quantitative estimate of drug-likeness (QED) is 0.717. The third-order valence-electron chi connectivity index (χ3n) is 3.50. The predicted octanol–water partition coefficient (Wildman–Crippen LogP) is 3.02. The molecule has 2 aromatic heterocycles. The molecule has 0 atom stereocenters. The van der Waals surface area contributed by atoms with E-state index in [1.807, 2.05) is 24.3 Å². The number of ether oxygens (including phenoxy) is 3. The van der Waals surface area contributed by atoms with Crippen molar-refractivity contribution in [3.05, 3.63) is 41.4 Å². The maximum Gasteiger partial charge on any atom is 0.203 e. The minimum Gasteiger partial charge on any atom is -0.493 e. The SMILES string of the molecule is COc1cc(-c2n[nH]c(=S)n2-c2cccnc2)cc(OC)c1OC. The first kappa shape index (κ1) is 16.0. The summed E-state index contributed by atoms with van der Waals surface area (Å²) in [6.45, 7) is 0. The Balaban J connectivity index is 2.23. The van der Waals surface area contributed by atoms with E-state index in [-0.39, 0.29) is 0 Å². The molecule has 124 valence electrons. The second kappa shape index (κ2) is 6.71. The topological polar surface area (TPSA) is 74.2 Å². The molecular weight excluding hydrogens is 328 g/mol. The highest BCUT2D eigenvalue weighted by molar-refractivity contribution is 7.71. The van der Waals surface area contributed by atoms with Gasteiger partial charge in [0, 0.05) is 11.8 Å². The van der Waals surface area contributed by atoms with E-state index in [1.54, 1.807) is 38.3 Å². The first-order valence-corrected chi connectivity index (χ1v) is 7.48. The molecule has 1 aromatic carbocycles. The molecule has 0 aliphatic rings. The number of methoxy groups -OCH3 is 3.